The van der Waals surface area contributed by atoms with Crippen LogP contribution in [0.25, 0.3) is 0 Å². The number of carbonyl (C=O) groups excluding carboxylic acids is 1. The van der Waals surface area contributed by atoms with Crippen molar-refractivity contribution in [2.45, 2.75) is 18.9 Å². The smallest absolute Gasteiger partial charge is 0.255 e. The van der Waals surface area contributed by atoms with Crippen molar-refractivity contribution in [3.63, 3.8) is 0 Å². The summed E-state index contributed by atoms with van der Waals surface area (Å²) in [6.45, 7) is 1.87. The molecule has 1 N–H and O–H groups in total. The van der Waals surface area contributed by atoms with Crippen LogP contribution in [-0.4, -0.2) is 48.3 Å². The Morgan fingerprint density at radius 2 is 1.95 bits per heavy atom. The fraction of sp³-hybridized carbons (Fsp3) is 0.500. The Labute approximate surface area is 165 Å². The summed E-state index contributed by atoms with van der Waals surface area (Å²) in [6, 6.07) is 4.04. The van der Waals surface area contributed by atoms with Crippen LogP contribution in [0, 0.1) is 10.7 Å². The quantitative estimate of drug-likeness (QED) is 0.413. The topological polar surface area (TPSA) is 49.8 Å². The molecule has 7 heteroatoms. The zero-order valence-corrected chi connectivity index (χ0v) is 17.8. The van der Waals surface area contributed by atoms with Crippen LogP contribution in [0.3, 0.4) is 0 Å². The van der Waals surface area contributed by atoms with Gasteiger partial charge < -0.3 is 14.7 Å². The van der Waals surface area contributed by atoms with Crippen LogP contribution in [0.15, 0.2) is 12.1 Å². The maximum absolute atomic E-state index is 12.7. The fourth-order valence-electron chi connectivity index (χ4n) is 2.33. The maximum atomic E-state index is 12.7. The molecular weight excluding hydrogens is 611 g/mol. The van der Waals surface area contributed by atoms with Gasteiger partial charge in [-0.15, -0.1) is 0 Å². The molecule has 1 aliphatic heterocycles. The molecule has 1 aliphatic rings. The molecule has 1 aromatic rings. The van der Waals surface area contributed by atoms with Crippen LogP contribution in [-0.2, 0) is 4.74 Å². The molecule has 0 bridgehead atoms. The summed E-state index contributed by atoms with van der Waals surface area (Å²) < 4.78 is 8.76. The largest absolute Gasteiger partial charge is 0.394 e. The second kappa shape index (κ2) is 8.60. The lowest BCUT2D eigenvalue weighted by molar-refractivity contribution is -0.00556. The molecule has 0 aromatic heterocycles. The van der Waals surface area contributed by atoms with E-state index in [-0.39, 0.29) is 18.6 Å². The summed E-state index contributed by atoms with van der Waals surface area (Å²) in [5.41, 5.74) is 0.793. The van der Waals surface area contributed by atoms with Crippen molar-refractivity contribution in [3.8, 4) is 0 Å². The number of hydrogen-bond donors (Lipinski definition) is 1. The summed E-state index contributed by atoms with van der Waals surface area (Å²) >= 11 is 6.76. The SMILES string of the molecule is O=C(c1cc(I)cc(I)c1I)N1CCC(OCCO)CC1. The number of aliphatic hydroxyl groups excluding tert-OH is 1. The van der Waals surface area contributed by atoms with Crippen molar-refractivity contribution >= 4 is 73.7 Å². The second-order valence-electron chi connectivity index (χ2n) is 4.84. The normalized spacial score (nSPS) is 16.3. The van der Waals surface area contributed by atoms with E-state index in [1.807, 2.05) is 11.0 Å². The third kappa shape index (κ3) is 4.88. The predicted octanol–water partition coefficient (Wildman–Crippen LogP) is 3.11. The number of aliphatic hydroxyl groups is 1. The zero-order valence-electron chi connectivity index (χ0n) is 11.3. The molecule has 0 unspecified atom stereocenters. The number of hydrogen-bond acceptors (Lipinski definition) is 3. The van der Waals surface area contributed by atoms with E-state index in [0.717, 1.165) is 29.1 Å². The minimum Gasteiger partial charge on any atom is -0.394 e. The van der Waals surface area contributed by atoms with E-state index >= 15 is 0 Å². The zero-order chi connectivity index (χ0) is 15.4. The number of nitrogens with zero attached hydrogens (tertiary/aromatic N) is 1. The first-order valence-electron chi connectivity index (χ1n) is 6.69. The number of amides is 1. The van der Waals surface area contributed by atoms with E-state index < -0.39 is 0 Å². The summed E-state index contributed by atoms with van der Waals surface area (Å²) in [6.07, 6.45) is 1.84. The Morgan fingerprint density at radius 1 is 1.29 bits per heavy atom. The highest BCUT2D eigenvalue weighted by Gasteiger charge is 2.25. The van der Waals surface area contributed by atoms with E-state index in [2.05, 4.69) is 73.8 Å². The molecule has 0 aliphatic carbocycles. The van der Waals surface area contributed by atoms with Crippen molar-refractivity contribution in [2.24, 2.45) is 0 Å². The third-order valence-electron chi connectivity index (χ3n) is 3.40. The predicted molar refractivity (Wildman–Crippen MR) is 107 cm³/mol. The van der Waals surface area contributed by atoms with Gasteiger partial charge in [0.25, 0.3) is 5.91 Å². The number of benzene rings is 1. The van der Waals surface area contributed by atoms with Crippen molar-refractivity contribution in [1.29, 1.82) is 0 Å². The molecule has 2 rings (SSSR count). The van der Waals surface area contributed by atoms with Crippen molar-refractivity contribution < 1.29 is 14.6 Å². The highest BCUT2D eigenvalue weighted by Crippen LogP contribution is 2.25. The van der Waals surface area contributed by atoms with Gasteiger partial charge in [-0.1, -0.05) is 0 Å². The maximum Gasteiger partial charge on any atom is 0.255 e. The van der Waals surface area contributed by atoms with Crippen LogP contribution in [0.4, 0.5) is 0 Å². The van der Waals surface area contributed by atoms with Crippen molar-refractivity contribution in [3.05, 3.63) is 28.4 Å². The average molecular weight is 627 g/mol. The van der Waals surface area contributed by atoms with E-state index in [0.29, 0.717) is 19.7 Å². The fourth-order valence-corrected chi connectivity index (χ4v) is 4.71. The van der Waals surface area contributed by atoms with Gasteiger partial charge in [-0.2, -0.15) is 0 Å². The highest BCUT2D eigenvalue weighted by molar-refractivity contribution is 14.1. The van der Waals surface area contributed by atoms with Gasteiger partial charge in [0.05, 0.1) is 24.9 Å². The van der Waals surface area contributed by atoms with Crippen LogP contribution < -0.4 is 0 Å². The minimum absolute atomic E-state index is 0.0538. The van der Waals surface area contributed by atoms with E-state index in [9.17, 15) is 4.79 Å². The van der Waals surface area contributed by atoms with Gasteiger partial charge in [0.2, 0.25) is 0 Å². The minimum atomic E-state index is 0.0538. The molecule has 1 saturated heterocycles. The molecule has 0 atom stereocenters. The van der Waals surface area contributed by atoms with Crippen LogP contribution in [0.5, 0.6) is 0 Å². The molecule has 1 aromatic carbocycles. The van der Waals surface area contributed by atoms with Gasteiger partial charge in [-0.05, 0) is 92.7 Å². The summed E-state index contributed by atoms with van der Waals surface area (Å²) in [7, 11) is 0. The van der Waals surface area contributed by atoms with Crippen LogP contribution in [0.2, 0.25) is 0 Å². The average Bonchev–Trinajstić information content (AvgIpc) is 2.48. The molecular formula is C14H16I3NO3. The first kappa shape index (κ1) is 18.1. The van der Waals surface area contributed by atoms with Gasteiger partial charge in [-0.3, -0.25) is 4.79 Å². The summed E-state index contributed by atoms with van der Waals surface area (Å²) in [4.78, 5) is 14.6. The summed E-state index contributed by atoms with van der Waals surface area (Å²) in [5.74, 6) is 0.108. The monoisotopic (exact) mass is 627 g/mol. The second-order valence-corrected chi connectivity index (χ2v) is 8.32. The van der Waals surface area contributed by atoms with E-state index in [1.165, 1.54) is 0 Å². The number of piperidine rings is 1. The molecule has 116 valence electrons. The highest BCUT2D eigenvalue weighted by atomic mass is 127. The van der Waals surface area contributed by atoms with Gasteiger partial charge in [0.15, 0.2) is 0 Å². The number of likely N-dealkylation sites (tertiary alicyclic amines) is 1. The van der Waals surface area contributed by atoms with Crippen LogP contribution in [0.1, 0.15) is 23.2 Å². The van der Waals surface area contributed by atoms with Crippen molar-refractivity contribution in [1.82, 2.24) is 4.90 Å². The molecule has 1 fully saturated rings. The Morgan fingerprint density at radius 3 is 2.57 bits per heavy atom. The standard InChI is InChI=1S/C14H16I3NO3/c15-9-7-11(13(17)12(16)8-9)14(20)18-3-1-10(2-4-18)21-6-5-19/h7-8,10,19H,1-6H2. The number of carbonyl (C=O) groups is 1. The van der Waals surface area contributed by atoms with Gasteiger partial charge in [0, 0.05) is 23.8 Å². The Bertz CT molecular complexity index is 516. The molecule has 1 amide bonds. The molecule has 1 heterocycles. The first-order valence-corrected chi connectivity index (χ1v) is 9.93. The lowest BCUT2D eigenvalue weighted by atomic mass is 10.1. The van der Waals surface area contributed by atoms with E-state index in [1.54, 1.807) is 0 Å². The Hall–Kier alpha value is 0.800. The number of ether oxygens (including phenoxy) is 1. The number of halogens is 3. The third-order valence-corrected chi connectivity index (χ3v) is 7.07. The molecule has 0 saturated carbocycles. The van der Waals surface area contributed by atoms with Crippen molar-refractivity contribution in [2.75, 3.05) is 26.3 Å². The lowest BCUT2D eigenvalue weighted by Gasteiger charge is -2.32. The van der Waals surface area contributed by atoms with Gasteiger partial charge in [-0.25, -0.2) is 0 Å². The molecule has 0 radical (unpaired) electrons. The Kier molecular flexibility index (Phi) is 7.43. The molecule has 21 heavy (non-hydrogen) atoms. The summed E-state index contributed by atoms with van der Waals surface area (Å²) in [5, 5.41) is 8.78. The Balaban J connectivity index is 2.02. The first-order chi connectivity index (χ1) is 10.0. The van der Waals surface area contributed by atoms with E-state index in [4.69, 9.17) is 9.84 Å². The van der Waals surface area contributed by atoms with Gasteiger partial charge >= 0.3 is 0 Å². The molecule has 4 nitrogen and oxygen atoms in total. The number of rotatable bonds is 4. The molecule has 0 spiro atoms. The van der Waals surface area contributed by atoms with Gasteiger partial charge in [0.1, 0.15) is 0 Å². The lowest BCUT2D eigenvalue weighted by Crippen LogP contribution is -2.41. The van der Waals surface area contributed by atoms with Crippen LogP contribution >= 0.6 is 67.8 Å².